The molecule has 12 heavy (non-hydrogen) atoms. The fourth-order valence-electron chi connectivity index (χ4n) is 1.32. The Morgan fingerprint density at radius 1 is 1.42 bits per heavy atom. The number of hydrogen-bond acceptors (Lipinski definition) is 3. The summed E-state index contributed by atoms with van der Waals surface area (Å²) >= 11 is 0. The van der Waals surface area contributed by atoms with E-state index in [2.05, 4.69) is 5.32 Å². The van der Waals surface area contributed by atoms with Crippen molar-refractivity contribution < 1.29 is 9.47 Å². The lowest BCUT2D eigenvalue weighted by Gasteiger charge is -2.19. The minimum absolute atomic E-state index is 0.353. The fourth-order valence-corrected chi connectivity index (χ4v) is 1.32. The van der Waals surface area contributed by atoms with E-state index in [0.717, 1.165) is 17.0 Å². The van der Waals surface area contributed by atoms with Gasteiger partial charge in [-0.05, 0) is 6.07 Å². The number of hydrogen-bond donors (Lipinski definition) is 1. The van der Waals surface area contributed by atoms with Crippen molar-refractivity contribution in [3.63, 3.8) is 0 Å². The predicted octanol–water partition coefficient (Wildman–Crippen LogP) is 1.59. The van der Waals surface area contributed by atoms with Gasteiger partial charge in [-0.25, -0.2) is 0 Å². The number of para-hydroxylation sites is 1. The van der Waals surface area contributed by atoms with E-state index in [-0.39, 0.29) is 0 Å². The number of ether oxygens (including phenoxy) is 2. The molecule has 1 N–H and O–H groups in total. The van der Waals surface area contributed by atoms with Crippen LogP contribution in [0.15, 0.2) is 18.2 Å². The lowest BCUT2D eigenvalue weighted by Crippen LogP contribution is -2.12. The standard InChI is InChI=1S/C9H11NO2/c1-10-8-4-2-3-7-5-11-6-12-9(7)8/h2-4,10H,5-6H2,1H3. The van der Waals surface area contributed by atoms with Gasteiger partial charge in [-0.15, -0.1) is 0 Å². The first-order valence-corrected chi connectivity index (χ1v) is 3.92. The molecule has 0 bridgehead atoms. The third-order valence-corrected chi connectivity index (χ3v) is 1.91. The van der Waals surface area contributed by atoms with E-state index in [1.807, 2.05) is 25.2 Å². The number of fused-ring (bicyclic) bond motifs is 1. The molecule has 0 atom stereocenters. The molecular weight excluding hydrogens is 154 g/mol. The van der Waals surface area contributed by atoms with Gasteiger partial charge in [-0.3, -0.25) is 0 Å². The van der Waals surface area contributed by atoms with Crippen molar-refractivity contribution in [2.24, 2.45) is 0 Å². The zero-order valence-electron chi connectivity index (χ0n) is 6.96. The summed E-state index contributed by atoms with van der Waals surface area (Å²) in [5.74, 6) is 0.922. The van der Waals surface area contributed by atoms with E-state index in [1.165, 1.54) is 0 Å². The van der Waals surface area contributed by atoms with Gasteiger partial charge in [0.25, 0.3) is 0 Å². The lowest BCUT2D eigenvalue weighted by atomic mass is 10.1. The molecule has 1 aromatic rings. The van der Waals surface area contributed by atoms with Crippen LogP contribution in [0, 0.1) is 0 Å². The number of nitrogens with one attached hydrogen (secondary N) is 1. The second-order valence-electron chi connectivity index (χ2n) is 2.65. The van der Waals surface area contributed by atoms with Crippen LogP contribution in [0.25, 0.3) is 0 Å². The molecular formula is C9H11NO2. The highest BCUT2D eigenvalue weighted by atomic mass is 16.7. The van der Waals surface area contributed by atoms with E-state index >= 15 is 0 Å². The summed E-state index contributed by atoms with van der Waals surface area (Å²) in [5, 5.41) is 3.07. The average molecular weight is 165 g/mol. The van der Waals surface area contributed by atoms with Crippen LogP contribution < -0.4 is 10.1 Å². The maximum atomic E-state index is 5.36. The second-order valence-corrected chi connectivity index (χ2v) is 2.65. The zero-order valence-corrected chi connectivity index (χ0v) is 6.96. The highest BCUT2D eigenvalue weighted by Crippen LogP contribution is 2.31. The quantitative estimate of drug-likeness (QED) is 0.685. The van der Waals surface area contributed by atoms with Crippen molar-refractivity contribution in [3.8, 4) is 5.75 Å². The Bertz CT molecular complexity index is 272. The first-order chi connectivity index (χ1) is 5.92. The third-order valence-electron chi connectivity index (χ3n) is 1.91. The number of rotatable bonds is 1. The molecule has 0 saturated carbocycles. The molecule has 0 saturated heterocycles. The molecule has 1 heterocycles. The Balaban J connectivity index is 2.44. The predicted molar refractivity (Wildman–Crippen MR) is 46.3 cm³/mol. The largest absolute Gasteiger partial charge is 0.465 e. The van der Waals surface area contributed by atoms with Crippen molar-refractivity contribution in [2.45, 2.75) is 6.61 Å². The van der Waals surface area contributed by atoms with Crippen LogP contribution in [-0.4, -0.2) is 13.8 Å². The summed E-state index contributed by atoms with van der Waals surface area (Å²) in [6.07, 6.45) is 0. The summed E-state index contributed by atoms with van der Waals surface area (Å²) in [5.41, 5.74) is 2.13. The monoisotopic (exact) mass is 165 g/mol. The van der Waals surface area contributed by atoms with Crippen molar-refractivity contribution in [1.29, 1.82) is 0 Å². The van der Waals surface area contributed by atoms with Crippen molar-refractivity contribution in [2.75, 3.05) is 19.2 Å². The molecule has 0 amide bonds. The van der Waals surface area contributed by atoms with E-state index < -0.39 is 0 Å². The van der Waals surface area contributed by atoms with Crippen LogP contribution in [0.5, 0.6) is 5.75 Å². The fraction of sp³-hybridized carbons (Fsp3) is 0.333. The molecule has 1 aliphatic rings. The Hall–Kier alpha value is -1.22. The third kappa shape index (κ3) is 1.12. The summed E-state index contributed by atoms with van der Waals surface area (Å²) < 4.78 is 10.5. The summed E-state index contributed by atoms with van der Waals surface area (Å²) in [4.78, 5) is 0. The minimum Gasteiger partial charge on any atom is -0.465 e. The number of anilines is 1. The maximum absolute atomic E-state index is 5.36. The Morgan fingerprint density at radius 3 is 3.17 bits per heavy atom. The van der Waals surface area contributed by atoms with Crippen LogP contribution >= 0.6 is 0 Å². The van der Waals surface area contributed by atoms with Crippen molar-refractivity contribution >= 4 is 5.69 Å². The Morgan fingerprint density at radius 2 is 2.33 bits per heavy atom. The smallest absolute Gasteiger partial charge is 0.189 e. The molecule has 1 aliphatic heterocycles. The van der Waals surface area contributed by atoms with Crippen LogP contribution in [0.3, 0.4) is 0 Å². The van der Waals surface area contributed by atoms with E-state index in [4.69, 9.17) is 9.47 Å². The Labute approximate surface area is 71.3 Å². The van der Waals surface area contributed by atoms with E-state index in [0.29, 0.717) is 13.4 Å². The van der Waals surface area contributed by atoms with Gasteiger partial charge in [0.2, 0.25) is 0 Å². The molecule has 3 heteroatoms. The van der Waals surface area contributed by atoms with Gasteiger partial charge in [0.1, 0.15) is 0 Å². The maximum Gasteiger partial charge on any atom is 0.189 e. The van der Waals surface area contributed by atoms with Gasteiger partial charge in [-0.1, -0.05) is 12.1 Å². The summed E-state index contributed by atoms with van der Waals surface area (Å²) in [7, 11) is 1.88. The molecule has 2 rings (SSSR count). The molecule has 0 aromatic heterocycles. The highest BCUT2D eigenvalue weighted by molar-refractivity contribution is 5.59. The average Bonchev–Trinajstić information content (AvgIpc) is 2.17. The minimum atomic E-state index is 0.353. The van der Waals surface area contributed by atoms with Crippen LogP contribution in [0.2, 0.25) is 0 Å². The lowest BCUT2D eigenvalue weighted by molar-refractivity contribution is -0.0158. The highest BCUT2D eigenvalue weighted by Gasteiger charge is 2.12. The Kier molecular flexibility index (Phi) is 1.87. The topological polar surface area (TPSA) is 30.5 Å². The zero-order chi connectivity index (χ0) is 8.39. The molecule has 0 unspecified atom stereocenters. The van der Waals surface area contributed by atoms with E-state index in [1.54, 1.807) is 0 Å². The van der Waals surface area contributed by atoms with Crippen molar-refractivity contribution in [3.05, 3.63) is 23.8 Å². The van der Waals surface area contributed by atoms with Crippen LogP contribution in [0.1, 0.15) is 5.56 Å². The van der Waals surface area contributed by atoms with Gasteiger partial charge in [0.15, 0.2) is 12.5 Å². The van der Waals surface area contributed by atoms with Gasteiger partial charge in [0, 0.05) is 12.6 Å². The molecule has 0 aliphatic carbocycles. The van der Waals surface area contributed by atoms with Crippen LogP contribution in [-0.2, 0) is 11.3 Å². The molecule has 1 aromatic carbocycles. The van der Waals surface area contributed by atoms with E-state index in [9.17, 15) is 0 Å². The van der Waals surface area contributed by atoms with Gasteiger partial charge in [0.05, 0.1) is 12.3 Å². The summed E-state index contributed by atoms with van der Waals surface area (Å²) in [6.45, 7) is 0.997. The molecule has 0 fully saturated rings. The first-order valence-electron chi connectivity index (χ1n) is 3.92. The SMILES string of the molecule is CNc1cccc2c1OCOC2. The molecule has 0 spiro atoms. The van der Waals surface area contributed by atoms with Gasteiger partial charge in [-0.2, -0.15) is 0 Å². The molecule has 0 radical (unpaired) electrons. The number of benzene rings is 1. The molecule has 3 nitrogen and oxygen atoms in total. The first kappa shape index (κ1) is 7.43. The molecule has 64 valence electrons. The van der Waals surface area contributed by atoms with Crippen molar-refractivity contribution in [1.82, 2.24) is 0 Å². The van der Waals surface area contributed by atoms with Gasteiger partial charge >= 0.3 is 0 Å². The summed E-state index contributed by atoms with van der Waals surface area (Å²) in [6, 6.07) is 5.99. The normalized spacial score (nSPS) is 14.8. The second kappa shape index (κ2) is 3.03. The van der Waals surface area contributed by atoms with Gasteiger partial charge < -0.3 is 14.8 Å². The van der Waals surface area contributed by atoms with Crippen LogP contribution in [0.4, 0.5) is 5.69 Å².